The fourth-order valence-electron chi connectivity index (χ4n) is 13.8. The van der Waals surface area contributed by atoms with E-state index in [-0.39, 0.29) is 211 Å². The highest BCUT2D eigenvalue weighted by molar-refractivity contribution is 7.98. The number of nitrogens with zero attached hydrogens (tertiary/aromatic N) is 6. The van der Waals surface area contributed by atoms with Crippen molar-refractivity contribution in [3.8, 4) is 0 Å². The quantitative estimate of drug-likeness (QED) is 0.0330. The number of aromatic nitrogens is 1. The molecule has 11 amide bonds. The first-order valence-electron chi connectivity index (χ1n) is 41.7. The number of carbonyl (C=O) groups excluding carboxylic acids is 11. The van der Waals surface area contributed by atoms with Gasteiger partial charge >= 0.3 is 17.9 Å². The number of rotatable bonds is 42. The van der Waals surface area contributed by atoms with Gasteiger partial charge in [-0.15, -0.1) is 0 Å². The van der Waals surface area contributed by atoms with Crippen molar-refractivity contribution in [1.82, 2.24) is 82.7 Å². The van der Waals surface area contributed by atoms with Crippen LogP contribution in [-0.2, 0) is 97.6 Å². The first-order valence-corrected chi connectivity index (χ1v) is 44.0. The highest BCUT2D eigenvalue weighted by Crippen LogP contribution is 2.25. The molecule has 4 aliphatic rings. The van der Waals surface area contributed by atoms with E-state index in [1.165, 1.54) is 23.5 Å². The van der Waals surface area contributed by atoms with Crippen LogP contribution in [0.2, 0.25) is 0 Å². The van der Waals surface area contributed by atoms with Crippen LogP contribution in [-0.4, -0.2) is 352 Å². The zero-order valence-corrected chi connectivity index (χ0v) is 72.1. The molecule has 15 N–H and O–H groups in total. The Morgan fingerprint density at radius 1 is 0.597 bits per heavy atom. The third-order valence-electron chi connectivity index (χ3n) is 20.9. The topological polar surface area (TPSA) is 512 Å². The number of nitrogens with one attached hydrogen (secondary N) is 10. The van der Waals surface area contributed by atoms with Crippen LogP contribution in [0.15, 0.2) is 18.2 Å². The molecule has 3 fully saturated rings. The van der Waals surface area contributed by atoms with Crippen LogP contribution in [0.5, 0.6) is 0 Å². The summed E-state index contributed by atoms with van der Waals surface area (Å²) in [5, 5.41) is 57.9. The Morgan fingerprint density at radius 2 is 1.13 bits per heavy atom. The van der Waals surface area contributed by atoms with Crippen molar-refractivity contribution < 1.29 is 101 Å². The van der Waals surface area contributed by atoms with Crippen LogP contribution in [0.3, 0.4) is 0 Å². The van der Waals surface area contributed by atoms with E-state index < -0.39 is 119 Å². The zero-order chi connectivity index (χ0) is 87.2. The largest absolute Gasteiger partial charge is 0.480 e. The molecule has 0 aliphatic carbocycles. The number of primary amides is 1. The lowest BCUT2D eigenvalue weighted by Crippen LogP contribution is -2.66. The molecule has 40 heteroatoms. The zero-order valence-electron chi connectivity index (χ0n) is 70.5. The number of hydrogen-bond acceptors (Lipinski definition) is 26. The van der Waals surface area contributed by atoms with E-state index in [0.29, 0.717) is 101 Å². The molecule has 7 atom stereocenters. The number of carboxylic acids is 3. The number of nitrogens with two attached hydrogens (primary N) is 1. The average molecular weight is 1720 g/mol. The third kappa shape index (κ3) is 41.0. The van der Waals surface area contributed by atoms with Crippen molar-refractivity contribution in [2.75, 3.05) is 176 Å². The number of pyridine rings is 1. The minimum absolute atomic E-state index is 0.0626. The van der Waals surface area contributed by atoms with E-state index >= 15 is 0 Å². The van der Waals surface area contributed by atoms with Gasteiger partial charge in [0.15, 0.2) is 0 Å². The summed E-state index contributed by atoms with van der Waals surface area (Å²) in [6.07, 6.45) is 3.84. The Bertz CT molecular complexity index is 3360. The molecule has 672 valence electrons. The number of aliphatic carboxylic acids is 3. The molecule has 1 aromatic heterocycles. The van der Waals surface area contributed by atoms with Crippen molar-refractivity contribution in [3.63, 3.8) is 0 Å². The average Bonchev–Trinajstić information content (AvgIpc) is 0.798. The maximum absolute atomic E-state index is 14.8. The van der Waals surface area contributed by atoms with Crippen LogP contribution < -0.4 is 58.9 Å². The van der Waals surface area contributed by atoms with Crippen molar-refractivity contribution in [1.29, 1.82) is 0 Å². The summed E-state index contributed by atoms with van der Waals surface area (Å²) < 4.78 is 21.4. The van der Waals surface area contributed by atoms with E-state index in [2.05, 4.69) is 53.2 Å². The maximum atomic E-state index is 14.8. The summed E-state index contributed by atoms with van der Waals surface area (Å²) in [5.41, 5.74) is 5.72. The Kier molecular flexibility index (Phi) is 47.7. The lowest BCUT2D eigenvalue weighted by Gasteiger charge is -2.38. The summed E-state index contributed by atoms with van der Waals surface area (Å²) in [6.45, 7) is 14.3. The summed E-state index contributed by atoms with van der Waals surface area (Å²) in [5.74, 6) is -8.74. The Balaban J connectivity index is 1.26. The number of ether oxygens (including phenoxy) is 4. The summed E-state index contributed by atoms with van der Waals surface area (Å²) in [6, 6.07) is -1.73. The number of amides is 11. The van der Waals surface area contributed by atoms with Gasteiger partial charge in [0, 0.05) is 147 Å². The minimum Gasteiger partial charge on any atom is -0.480 e. The Labute approximate surface area is 707 Å². The van der Waals surface area contributed by atoms with Crippen LogP contribution in [0, 0.1) is 17.8 Å². The standard InChI is InChI=1S/C79H133N17O21S2/c1-8-55(6)71-77(112)88-62(51-118-49-57-14-13-15-58(83-57)50-119-52-63(86-64(97)19-18-53(2)3)76(111)91-79(22-36-115-37-23-79)78(113)89-61(42-54(4)5)74(109)90-71)75(110)84-56-20-26-92(27-21-56)44-66(99)85-60(17-10-12-25-82-67(100)48-117-41-40-116-39-38-114-7)73(108)87-59(72(80)107)16-9-11-24-81-65(98)43-93-28-30-94(45-68(101)102)32-34-96(47-70(105)106)35-33-95(31-29-93)46-69(103)104/h13-15,53-56,59-63,71H,8-12,16-52H2,1-7H3,(H2,80,107)(H,81,98)(H,82,100)(H,84,110)(H,85,99)(H,86,97)(H,87,108)(H,88,112)(H,89,113)(H,90,109)(H,91,111)(H,101,102)(H,103,104)(H,105,106)/t55-,59-,60+,61-,62-,63?,71-/m0/s1. The van der Waals surface area contributed by atoms with Gasteiger partial charge in [0.2, 0.25) is 65.0 Å². The fraction of sp³-hybridized carbons (Fsp3) is 0.759. The number of methoxy groups -OCH3 is 1. The van der Waals surface area contributed by atoms with E-state index in [9.17, 15) is 82.4 Å². The van der Waals surface area contributed by atoms with Crippen LogP contribution in [0.25, 0.3) is 0 Å². The van der Waals surface area contributed by atoms with Gasteiger partial charge in [0.25, 0.3) is 0 Å². The van der Waals surface area contributed by atoms with Gasteiger partial charge in [-0.3, -0.25) is 96.6 Å². The molecule has 4 aliphatic heterocycles. The first kappa shape index (κ1) is 102. The van der Waals surface area contributed by atoms with Crippen molar-refractivity contribution in [2.24, 2.45) is 23.5 Å². The van der Waals surface area contributed by atoms with Gasteiger partial charge in [-0.25, -0.2) is 0 Å². The van der Waals surface area contributed by atoms with Crippen LogP contribution in [0.1, 0.15) is 143 Å². The second kappa shape index (κ2) is 55.9. The lowest BCUT2D eigenvalue weighted by atomic mass is 9.87. The van der Waals surface area contributed by atoms with Gasteiger partial charge in [-0.2, -0.15) is 23.5 Å². The molecule has 3 saturated heterocycles. The number of likely N-dealkylation sites (tertiary alicyclic amines) is 1. The van der Waals surface area contributed by atoms with Crippen molar-refractivity contribution in [3.05, 3.63) is 29.6 Å². The summed E-state index contributed by atoms with van der Waals surface area (Å²) in [4.78, 5) is 203. The molecule has 38 nitrogen and oxygen atoms in total. The molecule has 5 heterocycles. The number of carbonyl (C=O) groups is 14. The second-order valence-corrected chi connectivity index (χ2v) is 33.8. The SMILES string of the molecule is CC[C@H](C)[C@@H]1NC(=O)[C@H](CC(C)C)NC(=O)C2(CCOCC2)NC(=O)C(NC(=O)CCC(C)C)CSCc2cccc(n2)CSC[C@@H](C(=O)NC2CCN(CC(=O)N[C@H](CCCCNC(=O)COCCOCCOC)C(=O)N[C@@H](CCCCNC(=O)CN3CCN(CC(=O)O)CCN(CC(=O)O)CCN(CC(=O)O)CC3)C(N)=O)CC2)NC1=O. The maximum Gasteiger partial charge on any atom is 0.317 e. The highest BCUT2D eigenvalue weighted by Gasteiger charge is 2.45. The number of fused-ring (bicyclic) bond motifs is 2. The van der Waals surface area contributed by atoms with E-state index in [4.69, 9.17) is 29.7 Å². The van der Waals surface area contributed by atoms with E-state index in [1.807, 2.05) is 57.7 Å². The molecule has 119 heavy (non-hydrogen) atoms. The molecule has 0 saturated carbocycles. The summed E-state index contributed by atoms with van der Waals surface area (Å²) in [7, 11) is 1.55. The summed E-state index contributed by atoms with van der Waals surface area (Å²) >= 11 is 2.74. The number of unbranched alkanes of at least 4 members (excludes halogenated alkanes) is 2. The molecule has 2 bridgehead atoms. The Morgan fingerprint density at radius 3 is 1.67 bits per heavy atom. The third-order valence-corrected chi connectivity index (χ3v) is 23.1. The number of thioether (sulfide) groups is 2. The monoisotopic (exact) mass is 1720 g/mol. The first-order chi connectivity index (χ1) is 56.8. The predicted octanol–water partition coefficient (Wildman–Crippen LogP) is -1.54. The number of carboxylic acid groups (broad SMARTS) is 3. The molecule has 0 radical (unpaired) electrons. The smallest absolute Gasteiger partial charge is 0.317 e. The van der Waals surface area contributed by atoms with Crippen LogP contribution in [0.4, 0.5) is 0 Å². The van der Waals surface area contributed by atoms with Crippen LogP contribution >= 0.6 is 23.5 Å². The van der Waals surface area contributed by atoms with Gasteiger partial charge < -0.3 is 93.2 Å². The molecule has 0 aromatic carbocycles. The van der Waals surface area contributed by atoms with Gasteiger partial charge in [-0.1, -0.05) is 54.0 Å². The molecule has 1 aromatic rings. The van der Waals surface area contributed by atoms with E-state index in [0.717, 1.165) is 0 Å². The normalized spacial score (nSPS) is 20.8. The number of piperidine rings is 1. The molecular formula is C79H133N17O21S2. The van der Waals surface area contributed by atoms with Crippen molar-refractivity contribution in [2.45, 2.75) is 191 Å². The lowest BCUT2D eigenvalue weighted by molar-refractivity contribution is -0.141. The van der Waals surface area contributed by atoms with Gasteiger partial charge in [0.1, 0.15) is 48.4 Å². The minimum atomic E-state index is -1.52. The van der Waals surface area contributed by atoms with Crippen molar-refractivity contribution >= 4 is 106 Å². The molecule has 1 unspecified atom stereocenters. The molecular weight excluding hydrogens is 1590 g/mol. The van der Waals surface area contributed by atoms with Gasteiger partial charge in [-0.05, 0) is 94.1 Å². The predicted molar refractivity (Wildman–Crippen MR) is 445 cm³/mol. The van der Waals surface area contributed by atoms with E-state index in [1.54, 1.807) is 33.6 Å². The Hall–Kier alpha value is -7.93. The molecule has 1 spiro atoms. The molecule has 5 rings (SSSR count). The fourth-order valence-corrected chi connectivity index (χ4v) is 15.7. The number of hydrogen-bond donors (Lipinski definition) is 14. The second-order valence-electron chi connectivity index (χ2n) is 31.8. The highest BCUT2D eigenvalue weighted by atomic mass is 32.2. The van der Waals surface area contributed by atoms with Gasteiger partial charge in [0.05, 0.1) is 70.5 Å².